The first kappa shape index (κ1) is 13.7. The average molecular weight is 392 g/mol. The number of halogens is 1. The van der Waals surface area contributed by atoms with E-state index in [1.165, 1.54) is 6.07 Å². The van der Waals surface area contributed by atoms with Gasteiger partial charge in [0.05, 0.1) is 0 Å². The molecule has 0 aliphatic rings. The highest BCUT2D eigenvalue weighted by Gasteiger charge is 2.16. The SMILES string of the molecule is O=C(O)c1ccc2ccccc2c1Oc1ncc(I)cn1. The van der Waals surface area contributed by atoms with Gasteiger partial charge >= 0.3 is 12.0 Å². The lowest BCUT2D eigenvalue weighted by atomic mass is 10.1. The second-order valence-electron chi connectivity index (χ2n) is 4.25. The molecule has 0 spiro atoms. The van der Waals surface area contributed by atoms with E-state index in [0.717, 1.165) is 8.96 Å². The van der Waals surface area contributed by atoms with Crippen molar-refractivity contribution >= 4 is 39.3 Å². The number of carbonyl (C=O) groups is 1. The molecule has 21 heavy (non-hydrogen) atoms. The Bertz CT molecular complexity index is 819. The van der Waals surface area contributed by atoms with Crippen LogP contribution in [0.3, 0.4) is 0 Å². The summed E-state index contributed by atoms with van der Waals surface area (Å²) in [7, 11) is 0. The Kier molecular flexibility index (Phi) is 3.70. The first-order valence-electron chi connectivity index (χ1n) is 6.05. The van der Waals surface area contributed by atoms with Crippen LogP contribution in [0.1, 0.15) is 10.4 Å². The molecule has 0 saturated carbocycles. The molecule has 0 fully saturated rings. The van der Waals surface area contributed by atoms with Gasteiger partial charge in [-0.2, -0.15) is 0 Å². The molecule has 0 amide bonds. The second kappa shape index (κ2) is 5.65. The van der Waals surface area contributed by atoms with E-state index in [1.54, 1.807) is 18.5 Å². The van der Waals surface area contributed by atoms with Crippen LogP contribution >= 0.6 is 22.6 Å². The standard InChI is InChI=1S/C15H9IN2O3/c16-10-7-17-15(18-8-10)21-13-11-4-2-1-3-9(11)5-6-12(13)14(19)20/h1-8H,(H,19,20). The molecule has 0 atom stereocenters. The van der Waals surface area contributed by atoms with E-state index < -0.39 is 5.97 Å². The average Bonchev–Trinajstić information content (AvgIpc) is 2.49. The predicted octanol–water partition coefficient (Wildman–Crippen LogP) is 3.72. The van der Waals surface area contributed by atoms with Crippen LogP contribution in [0.2, 0.25) is 0 Å². The molecule has 0 aliphatic heterocycles. The summed E-state index contributed by atoms with van der Waals surface area (Å²) in [6, 6.07) is 10.8. The summed E-state index contributed by atoms with van der Waals surface area (Å²) in [5.41, 5.74) is 0.0795. The summed E-state index contributed by atoms with van der Waals surface area (Å²) < 4.78 is 6.50. The third-order valence-corrected chi connectivity index (χ3v) is 3.46. The molecule has 1 aromatic heterocycles. The van der Waals surface area contributed by atoms with Gasteiger partial charge in [-0.05, 0) is 34.0 Å². The normalized spacial score (nSPS) is 10.5. The molecule has 1 N–H and O–H groups in total. The van der Waals surface area contributed by atoms with E-state index in [1.807, 2.05) is 24.3 Å². The number of aromatic carboxylic acids is 1. The zero-order valence-corrected chi connectivity index (χ0v) is 12.8. The highest BCUT2D eigenvalue weighted by Crippen LogP contribution is 2.32. The van der Waals surface area contributed by atoms with Crippen molar-refractivity contribution < 1.29 is 14.6 Å². The number of benzene rings is 2. The first-order chi connectivity index (χ1) is 10.1. The van der Waals surface area contributed by atoms with Gasteiger partial charge in [0.2, 0.25) is 0 Å². The maximum Gasteiger partial charge on any atom is 0.339 e. The molecule has 104 valence electrons. The Labute approximate surface area is 133 Å². The zero-order valence-electron chi connectivity index (χ0n) is 10.7. The lowest BCUT2D eigenvalue weighted by Gasteiger charge is -2.10. The van der Waals surface area contributed by atoms with Crippen LogP contribution < -0.4 is 4.74 Å². The number of rotatable bonds is 3. The van der Waals surface area contributed by atoms with E-state index in [2.05, 4.69) is 32.6 Å². The number of ether oxygens (including phenoxy) is 1. The van der Waals surface area contributed by atoms with Crippen LogP contribution in [-0.4, -0.2) is 21.0 Å². The lowest BCUT2D eigenvalue weighted by Crippen LogP contribution is -2.02. The van der Waals surface area contributed by atoms with Crippen molar-refractivity contribution in [2.45, 2.75) is 0 Å². The number of aromatic nitrogens is 2. The van der Waals surface area contributed by atoms with Crippen molar-refractivity contribution in [3.05, 3.63) is 57.9 Å². The minimum atomic E-state index is -1.05. The molecular weight excluding hydrogens is 383 g/mol. The number of carboxylic acid groups (broad SMARTS) is 1. The molecule has 0 bridgehead atoms. The molecule has 0 unspecified atom stereocenters. The predicted molar refractivity (Wildman–Crippen MR) is 85.7 cm³/mol. The van der Waals surface area contributed by atoms with E-state index in [0.29, 0.717) is 5.39 Å². The Morgan fingerprint density at radius 2 is 1.81 bits per heavy atom. The van der Waals surface area contributed by atoms with E-state index in [-0.39, 0.29) is 17.3 Å². The fourth-order valence-corrected chi connectivity index (χ4v) is 2.24. The molecular formula is C15H9IN2O3. The highest BCUT2D eigenvalue weighted by molar-refractivity contribution is 14.1. The monoisotopic (exact) mass is 392 g/mol. The summed E-state index contributed by atoms with van der Waals surface area (Å²) in [5.74, 6) is -0.803. The molecule has 2 aromatic carbocycles. The van der Waals surface area contributed by atoms with Crippen molar-refractivity contribution in [2.75, 3.05) is 0 Å². The van der Waals surface area contributed by atoms with Crippen LogP contribution in [0.25, 0.3) is 10.8 Å². The van der Waals surface area contributed by atoms with Crippen molar-refractivity contribution in [3.63, 3.8) is 0 Å². The molecule has 0 radical (unpaired) electrons. The van der Waals surface area contributed by atoms with Crippen molar-refractivity contribution in [1.29, 1.82) is 0 Å². The van der Waals surface area contributed by atoms with Crippen LogP contribution in [0.4, 0.5) is 0 Å². The maximum atomic E-state index is 11.4. The Hall–Kier alpha value is -2.22. The molecule has 3 aromatic rings. The molecule has 1 heterocycles. The van der Waals surface area contributed by atoms with Crippen molar-refractivity contribution in [3.8, 4) is 11.8 Å². The van der Waals surface area contributed by atoms with Gasteiger partial charge in [0, 0.05) is 21.4 Å². The molecule has 5 nitrogen and oxygen atoms in total. The lowest BCUT2D eigenvalue weighted by molar-refractivity contribution is 0.0694. The summed E-state index contributed by atoms with van der Waals surface area (Å²) in [5, 5.41) is 10.9. The smallest absolute Gasteiger partial charge is 0.339 e. The molecule has 6 heteroatoms. The van der Waals surface area contributed by atoms with Crippen molar-refractivity contribution in [1.82, 2.24) is 9.97 Å². The van der Waals surface area contributed by atoms with E-state index >= 15 is 0 Å². The summed E-state index contributed by atoms with van der Waals surface area (Å²) in [4.78, 5) is 19.5. The number of hydrogen-bond acceptors (Lipinski definition) is 4. The van der Waals surface area contributed by atoms with Crippen LogP contribution in [-0.2, 0) is 0 Å². The van der Waals surface area contributed by atoms with Crippen molar-refractivity contribution in [2.24, 2.45) is 0 Å². The third-order valence-electron chi connectivity index (χ3n) is 2.90. The Morgan fingerprint density at radius 1 is 1.10 bits per heavy atom. The fraction of sp³-hybridized carbons (Fsp3) is 0. The third kappa shape index (κ3) is 2.80. The number of carboxylic acids is 1. The number of hydrogen-bond donors (Lipinski definition) is 1. The van der Waals surface area contributed by atoms with E-state index in [9.17, 15) is 9.90 Å². The zero-order chi connectivity index (χ0) is 14.8. The van der Waals surface area contributed by atoms with Gasteiger partial charge in [-0.1, -0.05) is 30.3 Å². The van der Waals surface area contributed by atoms with Crippen LogP contribution in [0.15, 0.2) is 48.8 Å². The van der Waals surface area contributed by atoms with Gasteiger partial charge in [0.25, 0.3) is 0 Å². The van der Waals surface area contributed by atoms with Crippen LogP contribution in [0.5, 0.6) is 11.8 Å². The first-order valence-corrected chi connectivity index (χ1v) is 7.13. The molecule has 3 rings (SSSR count). The summed E-state index contributed by atoms with van der Waals surface area (Å²) in [6.45, 7) is 0. The minimum Gasteiger partial charge on any atom is -0.478 e. The van der Waals surface area contributed by atoms with Crippen LogP contribution in [0, 0.1) is 3.57 Å². The topological polar surface area (TPSA) is 72.3 Å². The fourth-order valence-electron chi connectivity index (χ4n) is 1.97. The van der Waals surface area contributed by atoms with Gasteiger partial charge in [-0.3, -0.25) is 0 Å². The van der Waals surface area contributed by atoms with Gasteiger partial charge < -0.3 is 9.84 Å². The quantitative estimate of drug-likeness (QED) is 0.688. The van der Waals surface area contributed by atoms with Gasteiger partial charge in [-0.15, -0.1) is 0 Å². The minimum absolute atomic E-state index is 0.0795. The Balaban J connectivity index is 2.16. The largest absolute Gasteiger partial charge is 0.478 e. The van der Waals surface area contributed by atoms with E-state index in [4.69, 9.17) is 4.74 Å². The van der Waals surface area contributed by atoms with Gasteiger partial charge in [0.15, 0.2) is 5.75 Å². The number of fused-ring (bicyclic) bond motifs is 1. The second-order valence-corrected chi connectivity index (χ2v) is 5.50. The summed E-state index contributed by atoms with van der Waals surface area (Å²) in [6.07, 6.45) is 3.21. The molecule has 0 saturated heterocycles. The maximum absolute atomic E-state index is 11.4. The number of nitrogens with zero attached hydrogens (tertiary/aromatic N) is 2. The van der Waals surface area contributed by atoms with Gasteiger partial charge in [-0.25, -0.2) is 14.8 Å². The molecule has 0 aliphatic carbocycles. The highest BCUT2D eigenvalue weighted by atomic mass is 127. The Morgan fingerprint density at radius 3 is 2.52 bits per heavy atom. The van der Waals surface area contributed by atoms with Gasteiger partial charge in [0.1, 0.15) is 5.56 Å². The summed E-state index contributed by atoms with van der Waals surface area (Å²) >= 11 is 2.08.